The summed E-state index contributed by atoms with van der Waals surface area (Å²) in [7, 11) is 0. The average molecular weight is 212 g/mol. The molecule has 0 aromatic heterocycles. The van der Waals surface area contributed by atoms with Crippen LogP contribution in [-0.2, 0) is 0 Å². The molecule has 3 nitrogen and oxygen atoms in total. The Labute approximate surface area is 92.6 Å². The fraction of sp³-hybridized carbons (Fsp3) is 1.00. The monoisotopic (exact) mass is 212 g/mol. The molecule has 1 saturated heterocycles. The van der Waals surface area contributed by atoms with Crippen molar-refractivity contribution in [3.63, 3.8) is 0 Å². The van der Waals surface area contributed by atoms with Gasteiger partial charge in [-0.25, -0.2) is 0 Å². The molecule has 0 radical (unpaired) electrons. The number of likely N-dealkylation sites (tertiary alicyclic amines) is 1. The van der Waals surface area contributed by atoms with E-state index in [1.54, 1.807) is 0 Å². The maximum atomic E-state index is 9.77. The van der Waals surface area contributed by atoms with Gasteiger partial charge in [-0.1, -0.05) is 12.8 Å². The molecule has 0 aromatic rings. The number of hydrogen-bond donors (Lipinski definition) is 2. The molecule has 1 saturated carbocycles. The first-order chi connectivity index (χ1) is 7.31. The minimum absolute atomic E-state index is 0.176. The summed E-state index contributed by atoms with van der Waals surface area (Å²) in [5.74, 6) is 1.43. The molecule has 1 aliphatic heterocycles. The Hall–Kier alpha value is -0.120. The van der Waals surface area contributed by atoms with Gasteiger partial charge in [0.25, 0.3) is 0 Å². The molecule has 0 spiro atoms. The zero-order valence-electron chi connectivity index (χ0n) is 9.57. The minimum atomic E-state index is -0.176. The zero-order chi connectivity index (χ0) is 10.7. The molecular weight excluding hydrogens is 188 g/mol. The molecule has 0 bridgehead atoms. The Kier molecular flexibility index (Phi) is 4.00. The van der Waals surface area contributed by atoms with Crippen molar-refractivity contribution in [3.8, 4) is 0 Å². The van der Waals surface area contributed by atoms with Crippen LogP contribution in [0.5, 0.6) is 0 Å². The Balaban J connectivity index is 1.85. The molecule has 15 heavy (non-hydrogen) atoms. The van der Waals surface area contributed by atoms with E-state index in [1.165, 1.54) is 25.7 Å². The van der Waals surface area contributed by atoms with Crippen LogP contribution in [-0.4, -0.2) is 35.9 Å². The van der Waals surface area contributed by atoms with Crippen molar-refractivity contribution in [1.82, 2.24) is 4.90 Å². The highest BCUT2D eigenvalue weighted by Gasteiger charge is 2.29. The van der Waals surface area contributed by atoms with Gasteiger partial charge in [0.1, 0.15) is 6.23 Å². The molecule has 88 valence electrons. The van der Waals surface area contributed by atoms with Crippen LogP contribution in [0, 0.1) is 11.8 Å². The molecule has 0 aromatic carbocycles. The third kappa shape index (κ3) is 2.71. The maximum Gasteiger partial charge on any atom is 0.107 e. The van der Waals surface area contributed by atoms with Crippen LogP contribution in [0.15, 0.2) is 0 Å². The molecule has 3 atom stereocenters. The maximum absolute atomic E-state index is 9.77. The quantitative estimate of drug-likeness (QED) is 0.738. The van der Waals surface area contributed by atoms with E-state index in [4.69, 9.17) is 5.73 Å². The summed E-state index contributed by atoms with van der Waals surface area (Å²) in [6.07, 6.45) is 7.24. The van der Waals surface area contributed by atoms with Gasteiger partial charge < -0.3 is 10.8 Å². The predicted octanol–water partition coefficient (Wildman–Crippen LogP) is 1.17. The lowest BCUT2D eigenvalue weighted by Crippen LogP contribution is -2.39. The second kappa shape index (κ2) is 5.28. The number of rotatable bonds is 3. The summed E-state index contributed by atoms with van der Waals surface area (Å²) in [5, 5.41) is 9.77. The molecule has 3 heteroatoms. The van der Waals surface area contributed by atoms with E-state index in [-0.39, 0.29) is 6.23 Å². The van der Waals surface area contributed by atoms with Crippen molar-refractivity contribution in [2.24, 2.45) is 17.6 Å². The van der Waals surface area contributed by atoms with Gasteiger partial charge in [0.2, 0.25) is 0 Å². The van der Waals surface area contributed by atoms with E-state index >= 15 is 0 Å². The molecule has 2 fully saturated rings. The minimum Gasteiger partial charge on any atom is -0.378 e. The molecule has 0 amide bonds. The highest BCUT2D eigenvalue weighted by Crippen LogP contribution is 2.31. The molecule has 1 heterocycles. The third-order valence-corrected chi connectivity index (χ3v) is 4.17. The van der Waals surface area contributed by atoms with E-state index in [1.807, 2.05) is 0 Å². The van der Waals surface area contributed by atoms with Crippen molar-refractivity contribution in [2.75, 3.05) is 19.6 Å². The van der Waals surface area contributed by atoms with Crippen LogP contribution in [0.1, 0.15) is 38.5 Å². The Morgan fingerprint density at radius 3 is 2.40 bits per heavy atom. The van der Waals surface area contributed by atoms with Crippen LogP contribution in [0.4, 0.5) is 0 Å². The zero-order valence-corrected chi connectivity index (χ0v) is 9.57. The summed E-state index contributed by atoms with van der Waals surface area (Å²) < 4.78 is 0. The highest BCUT2D eigenvalue weighted by molar-refractivity contribution is 4.81. The summed E-state index contributed by atoms with van der Waals surface area (Å²) in [6, 6.07) is 0. The second-order valence-corrected chi connectivity index (χ2v) is 5.16. The lowest BCUT2D eigenvalue weighted by atomic mass is 9.79. The first kappa shape index (κ1) is 11.4. The van der Waals surface area contributed by atoms with E-state index in [2.05, 4.69) is 4.90 Å². The van der Waals surface area contributed by atoms with Crippen molar-refractivity contribution in [3.05, 3.63) is 0 Å². The number of nitrogens with zero attached hydrogens (tertiary/aromatic N) is 1. The summed E-state index contributed by atoms with van der Waals surface area (Å²) in [6.45, 7) is 2.98. The van der Waals surface area contributed by atoms with Crippen LogP contribution < -0.4 is 5.73 Å². The predicted molar refractivity (Wildman–Crippen MR) is 61.3 cm³/mol. The standard InChI is InChI=1S/C12H24N2O/c13-8-10-4-1-2-5-11(10)9-14-7-3-6-12(14)15/h10-12,15H,1-9,13H2/t10-,11-,12-/m0/s1. The topological polar surface area (TPSA) is 49.5 Å². The van der Waals surface area contributed by atoms with Crippen LogP contribution in [0.2, 0.25) is 0 Å². The normalized spacial score (nSPS) is 38.4. The first-order valence-corrected chi connectivity index (χ1v) is 6.43. The lowest BCUT2D eigenvalue weighted by Gasteiger charge is -2.34. The van der Waals surface area contributed by atoms with Crippen molar-refractivity contribution in [2.45, 2.75) is 44.8 Å². The fourth-order valence-corrected chi connectivity index (χ4v) is 3.16. The Morgan fingerprint density at radius 2 is 1.80 bits per heavy atom. The van der Waals surface area contributed by atoms with Gasteiger partial charge in [-0.15, -0.1) is 0 Å². The van der Waals surface area contributed by atoms with Crippen LogP contribution in [0.25, 0.3) is 0 Å². The lowest BCUT2D eigenvalue weighted by molar-refractivity contribution is 0.0161. The van der Waals surface area contributed by atoms with Crippen molar-refractivity contribution >= 4 is 0 Å². The first-order valence-electron chi connectivity index (χ1n) is 6.43. The van der Waals surface area contributed by atoms with Gasteiger partial charge in [-0.3, -0.25) is 4.90 Å². The van der Waals surface area contributed by atoms with Gasteiger partial charge in [0.15, 0.2) is 0 Å². The Bertz CT molecular complexity index is 198. The Morgan fingerprint density at radius 1 is 1.07 bits per heavy atom. The van der Waals surface area contributed by atoms with Crippen LogP contribution in [0.3, 0.4) is 0 Å². The molecule has 3 N–H and O–H groups in total. The summed E-state index contributed by atoms with van der Waals surface area (Å²) >= 11 is 0. The SMILES string of the molecule is NC[C@@H]1CCCC[C@H]1CN1CCC[C@@H]1O. The molecular formula is C12H24N2O. The fourth-order valence-electron chi connectivity index (χ4n) is 3.16. The highest BCUT2D eigenvalue weighted by atomic mass is 16.3. The van der Waals surface area contributed by atoms with Crippen molar-refractivity contribution in [1.29, 1.82) is 0 Å². The number of nitrogens with two attached hydrogens (primary N) is 1. The van der Waals surface area contributed by atoms with Gasteiger partial charge in [0.05, 0.1) is 0 Å². The number of hydrogen-bond acceptors (Lipinski definition) is 3. The summed E-state index contributed by atoms with van der Waals surface area (Å²) in [4.78, 5) is 2.25. The van der Waals surface area contributed by atoms with E-state index < -0.39 is 0 Å². The van der Waals surface area contributed by atoms with Gasteiger partial charge in [0, 0.05) is 13.1 Å². The number of aliphatic hydroxyl groups excluding tert-OH is 1. The third-order valence-electron chi connectivity index (χ3n) is 4.17. The van der Waals surface area contributed by atoms with E-state index in [0.717, 1.165) is 38.4 Å². The number of aliphatic hydroxyl groups is 1. The van der Waals surface area contributed by atoms with Gasteiger partial charge >= 0.3 is 0 Å². The molecule has 0 unspecified atom stereocenters. The van der Waals surface area contributed by atoms with E-state index in [0.29, 0.717) is 5.92 Å². The van der Waals surface area contributed by atoms with Crippen LogP contribution >= 0.6 is 0 Å². The largest absolute Gasteiger partial charge is 0.378 e. The smallest absolute Gasteiger partial charge is 0.107 e. The van der Waals surface area contributed by atoms with Gasteiger partial charge in [-0.05, 0) is 44.1 Å². The average Bonchev–Trinajstić information content (AvgIpc) is 2.65. The molecule has 2 rings (SSSR count). The molecule has 2 aliphatic rings. The summed E-state index contributed by atoms with van der Waals surface area (Å²) in [5.41, 5.74) is 5.82. The molecule has 1 aliphatic carbocycles. The van der Waals surface area contributed by atoms with E-state index in [9.17, 15) is 5.11 Å². The van der Waals surface area contributed by atoms with Gasteiger partial charge in [-0.2, -0.15) is 0 Å². The second-order valence-electron chi connectivity index (χ2n) is 5.16. The van der Waals surface area contributed by atoms with Crippen molar-refractivity contribution < 1.29 is 5.11 Å².